The third kappa shape index (κ3) is 1.97. The highest BCUT2D eigenvalue weighted by Crippen LogP contribution is 2.23. The van der Waals surface area contributed by atoms with Crippen molar-refractivity contribution >= 4 is 16.7 Å². The molecule has 4 heteroatoms. The van der Waals surface area contributed by atoms with Crippen molar-refractivity contribution in [1.29, 1.82) is 0 Å². The first kappa shape index (κ1) is 11.5. The van der Waals surface area contributed by atoms with E-state index in [0.29, 0.717) is 11.3 Å². The van der Waals surface area contributed by atoms with Gasteiger partial charge in [0.1, 0.15) is 11.4 Å². The lowest BCUT2D eigenvalue weighted by Gasteiger charge is -2.00. The monoisotopic (exact) mass is 252 g/mol. The number of methoxy groups -OCH3 is 1. The summed E-state index contributed by atoms with van der Waals surface area (Å²) in [6.07, 6.45) is 0. The van der Waals surface area contributed by atoms with E-state index in [1.54, 1.807) is 19.2 Å². The summed E-state index contributed by atoms with van der Waals surface area (Å²) in [5, 5.41) is 7.78. The SMILES string of the molecule is COc1ccc2c(C(=O)c3ccccc3)n[nH]c2c1. The molecule has 0 amide bonds. The second-order valence-corrected chi connectivity index (χ2v) is 4.18. The quantitative estimate of drug-likeness (QED) is 0.729. The number of nitrogens with zero attached hydrogens (tertiary/aromatic N) is 1. The summed E-state index contributed by atoms with van der Waals surface area (Å²) >= 11 is 0. The molecule has 4 nitrogen and oxygen atoms in total. The van der Waals surface area contributed by atoms with Crippen LogP contribution >= 0.6 is 0 Å². The molecule has 0 aliphatic rings. The maximum atomic E-state index is 12.4. The topological polar surface area (TPSA) is 55.0 Å². The molecule has 0 saturated carbocycles. The molecule has 0 aliphatic heterocycles. The van der Waals surface area contributed by atoms with Crippen LogP contribution in [0.1, 0.15) is 16.1 Å². The van der Waals surface area contributed by atoms with Crippen molar-refractivity contribution in [1.82, 2.24) is 10.2 Å². The van der Waals surface area contributed by atoms with Crippen molar-refractivity contribution in [3.05, 3.63) is 59.8 Å². The molecule has 94 valence electrons. The maximum absolute atomic E-state index is 12.4. The zero-order valence-corrected chi connectivity index (χ0v) is 10.4. The fourth-order valence-corrected chi connectivity index (χ4v) is 2.03. The molecule has 0 bridgehead atoms. The Morgan fingerprint density at radius 1 is 1.16 bits per heavy atom. The number of aromatic amines is 1. The van der Waals surface area contributed by atoms with Crippen molar-refractivity contribution in [2.75, 3.05) is 7.11 Å². The Morgan fingerprint density at radius 3 is 2.68 bits per heavy atom. The van der Waals surface area contributed by atoms with Crippen molar-refractivity contribution in [3.8, 4) is 5.75 Å². The number of nitrogens with one attached hydrogen (secondary N) is 1. The van der Waals surface area contributed by atoms with Crippen LogP contribution < -0.4 is 4.74 Å². The average Bonchev–Trinajstić information content (AvgIpc) is 2.90. The largest absolute Gasteiger partial charge is 0.497 e. The van der Waals surface area contributed by atoms with Crippen LogP contribution in [0.2, 0.25) is 0 Å². The van der Waals surface area contributed by atoms with Crippen LogP contribution in [0.3, 0.4) is 0 Å². The van der Waals surface area contributed by atoms with Crippen molar-refractivity contribution < 1.29 is 9.53 Å². The minimum atomic E-state index is -0.0861. The van der Waals surface area contributed by atoms with E-state index in [-0.39, 0.29) is 5.78 Å². The molecule has 1 N–H and O–H groups in total. The Kier molecular flexibility index (Phi) is 2.76. The number of ether oxygens (including phenoxy) is 1. The van der Waals surface area contributed by atoms with Gasteiger partial charge in [0.2, 0.25) is 5.78 Å². The van der Waals surface area contributed by atoms with Crippen molar-refractivity contribution in [2.24, 2.45) is 0 Å². The second-order valence-electron chi connectivity index (χ2n) is 4.18. The van der Waals surface area contributed by atoms with Crippen LogP contribution in [0.5, 0.6) is 5.75 Å². The summed E-state index contributed by atoms with van der Waals surface area (Å²) < 4.78 is 5.14. The highest BCUT2D eigenvalue weighted by atomic mass is 16.5. The van der Waals surface area contributed by atoms with Crippen LogP contribution in [0.4, 0.5) is 0 Å². The molecule has 2 aromatic carbocycles. The van der Waals surface area contributed by atoms with E-state index in [0.717, 1.165) is 16.7 Å². The Labute approximate surface area is 110 Å². The fourth-order valence-electron chi connectivity index (χ4n) is 2.03. The van der Waals surface area contributed by atoms with Gasteiger partial charge in [-0.3, -0.25) is 9.89 Å². The summed E-state index contributed by atoms with van der Waals surface area (Å²) in [5.74, 6) is 0.645. The van der Waals surface area contributed by atoms with E-state index in [2.05, 4.69) is 10.2 Å². The lowest BCUT2D eigenvalue weighted by molar-refractivity contribution is 0.103. The highest BCUT2D eigenvalue weighted by molar-refractivity contribution is 6.14. The zero-order valence-electron chi connectivity index (χ0n) is 10.4. The average molecular weight is 252 g/mol. The number of H-pyrrole nitrogens is 1. The number of ketones is 1. The number of hydrogen-bond acceptors (Lipinski definition) is 3. The second kappa shape index (κ2) is 4.57. The van der Waals surface area contributed by atoms with Crippen LogP contribution in [-0.4, -0.2) is 23.1 Å². The Balaban J connectivity index is 2.09. The highest BCUT2D eigenvalue weighted by Gasteiger charge is 2.15. The van der Waals surface area contributed by atoms with Gasteiger partial charge in [0.05, 0.1) is 12.6 Å². The first-order valence-electron chi connectivity index (χ1n) is 5.91. The molecule has 3 rings (SSSR count). The van der Waals surface area contributed by atoms with Crippen molar-refractivity contribution in [3.63, 3.8) is 0 Å². The minimum Gasteiger partial charge on any atom is -0.497 e. The smallest absolute Gasteiger partial charge is 0.213 e. The Hall–Kier alpha value is -2.62. The van der Waals surface area contributed by atoms with Gasteiger partial charge in [0.15, 0.2) is 0 Å². The maximum Gasteiger partial charge on any atom is 0.213 e. The number of hydrogen-bond donors (Lipinski definition) is 1. The van der Waals surface area contributed by atoms with E-state index in [9.17, 15) is 4.79 Å². The molecule has 0 spiro atoms. The van der Waals surface area contributed by atoms with Gasteiger partial charge in [-0.1, -0.05) is 30.3 Å². The molecule has 3 aromatic rings. The van der Waals surface area contributed by atoms with Gasteiger partial charge in [-0.15, -0.1) is 0 Å². The number of carbonyl (C=O) groups is 1. The van der Waals surface area contributed by atoms with E-state index in [4.69, 9.17) is 4.74 Å². The first-order valence-corrected chi connectivity index (χ1v) is 5.91. The molecule has 0 fully saturated rings. The summed E-state index contributed by atoms with van der Waals surface area (Å²) in [4.78, 5) is 12.4. The molecule has 0 unspecified atom stereocenters. The lowest BCUT2D eigenvalue weighted by atomic mass is 10.1. The molecule has 19 heavy (non-hydrogen) atoms. The summed E-state index contributed by atoms with van der Waals surface area (Å²) in [6.45, 7) is 0. The summed E-state index contributed by atoms with van der Waals surface area (Å²) in [7, 11) is 1.60. The van der Waals surface area contributed by atoms with Gasteiger partial charge in [-0.25, -0.2) is 0 Å². The number of carbonyl (C=O) groups excluding carboxylic acids is 1. The van der Waals surface area contributed by atoms with Gasteiger partial charge in [0.25, 0.3) is 0 Å². The van der Waals surface area contributed by atoms with E-state index >= 15 is 0 Å². The van der Waals surface area contributed by atoms with E-state index in [1.165, 1.54) is 0 Å². The first-order chi connectivity index (χ1) is 9.29. The molecular formula is C15H12N2O2. The molecule has 1 heterocycles. The molecule has 0 saturated heterocycles. The van der Waals surface area contributed by atoms with Gasteiger partial charge < -0.3 is 4.74 Å². The molecule has 0 radical (unpaired) electrons. The Bertz CT molecular complexity index is 732. The standard InChI is InChI=1S/C15H12N2O2/c1-19-11-7-8-12-13(9-11)16-17-14(12)15(18)10-5-3-2-4-6-10/h2-9H,1H3,(H,16,17). The van der Waals surface area contributed by atoms with Crippen LogP contribution in [-0.2, 0) is 0 Å². The zero-order chi connectivity index (χ0) is 13.2. The van der Waals surface area contributed by atoms with Crippen LogP contribution in [0, 0.1) is 0 Å². The molecular weight excluding hydrogens is 240 g/mol. The van der Waals surface area contributed by atoms with Gasteiger partial charge in [0, 0.05) is 17.0 Å². The van der Waals surface area contributed by atoms with Crippen molar-refractivity contribution in [2.45, 2.75) is 0 Å². The molecule has 0 atom stereocenters. The number of aromatic nitrogens is 2. The van der Waals surface area contributed by atoms with Gasteiger partial charge >= 0.3 is 0 Å². The molecule has 1 aromatic heterocycles. The van der Waals surface area contributed by atoms with Crippen LogP contribution in [0.25, 0.3) is 10.9 Å². The predicted molar refractivity (Wildman–Crippen MR) is 72.5 cm³/mol. The Morgan fingerprint density at radius 2 is 1.95 bits per heavy atom. The normalized spacial score (nSPS) is 10.6. The summed E-state index contributed by atoms with van der Waals surface area (Å²) in [6, 6.07) is 14.6. The van der Waals surface area contributed by atoms with Gasteiger partial charge in [-0.2, -0.15) is 5.10 Å². The number of fused-ring (bicyclic) bond motifs is 1. The molecule has 0 aliphatic carbocycles. The number of benzene rings is 2. The summed E-state index contributed by atoms with van der Waals surface area (Å²) in [5.41, 5.74) is 1.86. The van der Waals surface area contributed by atoms with Gasteiger partial charge in [-0.05, 0) is 12.1 Å². The minimum absolute atomic E-state index is 0.0861. The van der Waals surface area contributed by atoms with E-state index in [1.807, 2.05) is 36.4 Å². The number of rotatable bonds is 3. The third-order valence-corrected chi connectivity index (χ3v) is 3.02. The lowest BCUT2D eigenvalue weighted by Crippen LogP contribution is -2.01. The van der Waals surface area contributed by atoms with E-state index < -0.39 is 0 Å². The fraction of sp³-hybridized carbons (Fsp3) is 0.0667. The predicted octanol–water partition coefficient (Wildman–Crippen LogP) is 2.80. The third-order valence-electron chi connectivity index (χ3n) is 3.02. The van der Waals surface area contributed by atoms with Crippen LogP contribution in [0.15, 0.2) is 48.5 Å².